The fourth-order valence-corrected chi connectivity index (χ4v) is 2.39. The summed E-state index contributed by atoms with van der Waals surface area (Å²) in [5.41, 5.74) is 1.65. The molecule has 6 heteroatoms. The van der Waals surface area contributed by atoms with Gasteiger partial charge in [0.05, 0.1) is 7.11 Å². The van der Waals surface area contributed by atoms with Crippen molar-refractivity contribution in [2.75, 3.05) is 13.7 Å². The van der Waals surface area contributed by atoms with Crippen molar-refractivity contribution in [2.24, 2.45) is 0 Å². The molecule has 0 atom stereocenters. The molecule has 0 aliphatic heterocycles. The first-order valence-corrected chi connectivity index (χ1v) is 6.90. The summed E-state index contributed by atoms with van der Waals surface area (Å²) in [6.07, 6.45) is 0.299. The Labute approximate surface area is 124 Å². The number of aryl methyl sites for hydroxylation is 1. The smallest absolute Gasteiger partial charge is 0.254 e. The second-order valence-corrected chi connectivity index (χ2v) is 5.15. The lowest BCUT2D eigenvalue weighted by molar-refractivity contribution is 0.298. The average Bonchev–Trinajstić information content (AvgIpc) is 2.43. The average molecular weight is 339 g/mol. The second-order valence-electron chi connectivity index (χ2n) is 4.30. The molecule has 2 aromatic rings. The number of aromatic nitrogens is 2. The quantitative estimate of drug-likeness (QED) is 0.894. The van der Waals surface area contributed by atoms with E-state index < -0.39 is 0 Å². The molecule has 0 aliphatic rings. The molecule has 5 nitrogen and oxygen atoms in total. The Hall–Kier alpha value is -1.66. The normalized spacial score (nSPS) is 10.6. The Balaban J connectivity index is 2.56. The van der Waals surface area contributed by atoms with E-state index in [1.807, 2.05) is 12.1 Å². The highest BCUT2D eigenvalue weighted by atomic mass is 79.9. The van der Waals surface area contributed by atoms with Gasteiger partial charge in [-0.15, -0.1) is 0 Å². The first-order chi connectivity index (χ1) is 9.56. The number of benzene rings is 1. The van der Waals surface area contributed by atoms with Crippen LogP contribution in [0.4, 0.5) is 0 Å². The number of aliphatic hydroxyl groups is 1. The van der Waals surface area contributed by atoms with Gasteiger partial charge in [-0.1, -0.05) is 15.9 Å². The van der Waals surface area contributed by atoms with E-state index >= 15 is 0 Å². The van der Waals surface area contributed by atoms with Crippen LogP contribution in [0.2, 0.25) is 0 Å². The predicted octanol–water partition coefficient (Wildman–Crippen LogP) is 2.05. The molecule has 20 heavy (non-hydrogen) atoms. The maximum Gasteiger partial charge on any atom is 0.254 e. The highest BCUT2D eigenvalue weighted by Gasteiger charge is 2.12. The number of hydrogen-bond acceptors (Lipinski definition) is 4. The van der Waals surface area contributed by atoms with Gasteiger partial charge in [0.25, 0.3) is 5.56 Å². The van der Waals surface area contributed by atoms with Gasteiger partial charge in [0, 0.05) is 34.3 Å². The van der Waals surface area contributed by atoms with Crippen LogP contribution in [-0.4, -0.2) is 28.8 Å². The Morgan fingerprint density at radius 1 is 1.45 bits per heavy atom. The number of nitrogens with one attached hydrogen (secondary N) is 1. The fraction of sp³-hybridized carbons (Fsp3) is 0.286. The summed E-state index contributed by atoms with van der Waals surface area (Å²) in [4.78, 5) is 19.2. The number of hydrogen-bond donors (Lipinski definition) is 2. The van der Waals surface area contributed by atoms with Crippen LogP contribution in [0.15, 0.2) is 27.5 Å². The minimum Gasteiger partial charge on any atom is -0.497 e. The van der Waals surface area contributed by atoms with Crippen LogP contribution >= 0.6 is 15.9 Å². The number of H-pyrrole nitrogens is 1. The molecule has 1 heterocycles. The molecule has 0 amide bonds. The van der Waals surface area contributed by atoms with Gasteiger partial charge in [0.2, 0.25) is 0 Å². The summed E-state index contributed by atoms with van der Waals surface area (Å²) < 4.78 is 6.00. The molecule has 2 N–H and O–H groups in total. The van der Waals surface area contributed by atoms with Gasteiger partial charge in [-0.05, 0) is 25.1 Å². The van der Waals surface area contributed by atoms with E-state index in [0.717, 1.165) is 10.0 Å². The van der Waals surface area contributed by atoms with Gasteiger partial charge in [0.1, 0.15) is 11.6 Å². The van der Waals surface area contributed by atoms with Crippen LogP contribution in [-0.2, 0) is 6.42 Å². The minimum absolute atomic E-state index is 0.0756. The molecule has 0 fully saturated rings. The molecule has 0 spiro atoms. The monoisotopic (exact) mass is 338 g/mol. The molecule has 106 valence electrons. The van der Waals surface area contributed by atoms with Gasteiger partial charge < -0.3 is 14.8 Å². The Kier molecular flexibility index (Phi) is 4.57. The van der Waals surface area contributed by atoms with Gasteiger partial charge in [-0.3, -0.25) is 4.79 Å². The van der Waals surface area contributed by atoms with E-state index in [-0.39, 0.29) is 12.2 Å². The fourth-order valence-electron chi connectivity index (χ4n) is 1.96. The maximum atomic E-state index is 12.0. The van der Waals surface area contributed by atoms with Crippen LogP contribution < -0.4 is 10.3 Å². The number of rotatable bonds is 4. The number of methoxy groups -OCH3 is 1. The van der Waals surface area contributed by atoms with Crippen LogP contribution in [0, 0.1) is 6.92 Å². The molecule has 2 rings (SSSR count). The van der Waals surface area contributed by atoms with Crippen LogP contribution in [0.3, 0.4) is 0 Å². The van der Waals surface area contributed by atoms with E-state index in [1.54, 1.807) is 20.1 Å². The summed E-state index contributed by atoms with van der Waals surface area (Å²) in [5.74, 6) is 1.16. The zero-order valence-corrected chi connectivity index (χ0v) is 12.8. The highest BCUT2D eigenvalue weighted by Crippen LogP contribution is 2.29. The van der Waals surface area contributed by atoms with Crippen molar-refractivity contribution in [2.45, 2.75) is 13.3 Å². The van der Waals surface area contributed by atoms with E-state index in [2.05, 4.69) is 25.9 Å². The molecule has 1 aromatic carbocycles. The molecule has 1 aromatic heterocycles. The molecular formula is C14H15BrN2O3. The first kappa shape index (κ1) is 14.7. The lowest BCUT2D eigenvalue weighted by Gasteiger charge is -2.09. The number of ether oxygens (including phenoxy) is 1. The third-order valence-corrected chi connectivity index (χ3v) is 3.70. The van der Waals surface area contributed by atoms with Crippen LogP contribution in [0.1, 0.15) is 11.3 Å². The largest absolute Gasteiger partial charge is 0.497 e. The Morgan fingerprint density at radius 3 is 2.80 bits per heavy atom. The highest BCUT2D eigenvalue weighted by molar-refractivity contribution is 9.10. The summed E-state index contributed by atoms with van der Waals surface area (Å²) in [6, 6.07) is 5.46. The van der Waals surface area contributed by atoms with Crippen molar-refractivity contribution in [1.29, 1.82) is 0 Å². The first-order valence-electron chi connectivity index (χ1n) is 6.11. The number of nitrogens with zero attached hydrogens (tertiary/aromatic N) is 1. The summed E-state index contributed by atoms with van der Waals surface area (Å²) in [7, 11) is 1.58. The predicted molar refractivity (Wildman–Crippen MR) is 80.1 cm³/mol. The number of aliphatic hydroxyl groups excluding tert-OH is 1. The molecule has 0 aliphatic carbocycles. The van der Waals surface area contributed by atoms with Crippen LogP contribution in [0.5, 0.6) is 5.75 Å². The Morgan fingerprint density at radius 2 is 2.20 bits per heavy atom. The third kappa shape index (κ3) is 2.91. The summed E-state index contributed by atoms with van der Waals surface area (Å²) >= 11 is 3.44. The Bertz CT molecular complexity index is 683. The van der Waals surface area contributed by atoms with Crippen molar-refractivity contribution in [3.63, 3.8) is 0 Å². The van der Waals surface area contributed by atoms with Crippen molar-refractivity contribution >= 4 is 15.9 Å². The van der Waals surface area contributed by atoms with E-state index in [9.17, 15) is 4.79 Å². The molecule has 0 saturated carbocycles. The van der Waals surface area contributed by atoms with Crippen molar-refractivity contribution in [1.82, 2.24) is 9.97 Å². The standard InChI is InChI=1S/C14H15BrN2O3/c1-8-10(5-6-18)14(19)17-13(16-8)11-7-9(20-2)3-4-12(11)15/h3-4,7,18H,5-6H2,1-2H3,(H,16,17,19). The van der Waals surface area contributed by atoms with Gasteiger partial charge >= 0.3 is 0 Å². The molecule has 0 saturated heterocycles. The molecule has 0 bridgehead atoms. The zero-order chi connectivity index (χ0) is 14.7. The van der Waals surface area contributed by atoms with Crippen molar-refractivity contribution < 1.29 is 9.84 Å². The van der Waals surface area contributed by atoms with E-state index in [0.29, 0.717) is 29.3 Å². The van der Waals surface area contributed by atoms with Crippen molar-refractivity contribution in [3.8, 4) is 17.1 Å². The molecule has 0 radical (unpaired) electrons. The SMILES string of the molecule is COc1ccc(Br)c(-c2nc(C)c(CCO)c(=O)[nH]2)c1. The topological polar surface area (TPSA) is 75.2 Å². The van der Waals surface area contributed by atoms with Crippen molar-refractivity contribution in [3.05, 3.63) is 44.3 Å². The summed E-state index contributed by atoms with van der Waals surface area (Å²) in [5, 5.41) is 8.96. The lowest BCUT2D eigenvalue weighted by atomic mass is 10.1. The maximum absolute atomic E-state index is 12.0. The third-order valence-electron chi connectivity index (χ3n) is 3.01. The number of halogens is 1. The molecular weight excluding hydrogens is 324 g/mol. The second kappa shape index (κ2) is 6.19. The lowest BCUT2D eigenvalue weighted by Crippen LogP contribution is -2.18. The van der Waals surface area contributed by atoms with Crippen LogP contribution in [0.25, 0.3) is 11.4 Å². The van der Waals surface area contributed by atoms with E-state index in [1.165, 1.54) is 0 Å². The number of aromatic amines is 1. The zero-order valence-electron chi connectivity index (χ0n) is 11.2. The van der Waals surface area contributed by atoms with Gasteiger partial charge in [-0.2, -0.15) is 0 Å². The summed E-state index contributed by atoms with van der Waals surface area (Å²) in [6.45, 7) is 1.69. The van der Waals surface area contributed by atoms with Gasteiger partial charge in [0.15, 0.2) is 0 Å². The molecule has 0 unspecified atom stereocenters. The van der Waals surface area contributed by atoms with E-state index in [4.69, 9.17) is 9.84 Å². The van der Waals surface area contributed by atoms with Gasteiger partial charge in [-0.25, -0.2) is 4.98 Å². The minimum atomic E-state index is -0.226.